The van der Waals surface area contributed by atoms with Crippen LogP contribution in [-0.4, -0.2) is 19.1 Å². The van der Waals surface area contributed by atoms with Crippen LogP contribution in [0.5, 0.6) is 0 Å². The lowest BCUT2D eigenvalue weighted by Gasteiger charge is -2.23. The summed E-state index contributed by atoms with van der Waals surface area (Å²) >= 11 is 0. The molecule has 1 unspecified atom stereocenters. The van der Waals surface area contributed by atoms with E-state index in [1.54, 1.807) is 6.07 Å². The number of fused-ring (bicyclic) bond motifs is 2. The van der Waals surface area contributed by atoms with Crippen molar-refractivity contribution in [1.29, 1.82) is 0 Å². The number of hydrogen-bond donors (Lipinski definition) is 1. The highest BCUT2D eigenvalue weighted by atomic mass is 19.4. The molecule has 0 saturated heterocycles. The highest BCUT2D eigenvalue weighted by molar-refractivity contribution is 5.93. The van der Waals surface area contributed by atoms with Crippen LogP contribution in [0.3, 0.4) is 0 Å². The number of hydrogen-bond acceptors (Lipinski definition) is 4. The normalized spacial score (nSPS) is 12.6. The van der Waals surface area contributed by atoms with E-state index >= 15 is 0 Å². The number of alkyl halides is 3. The zero-order valence-electron chi connectivity index (χ0n) is 31.8. The molecular weight excluding hydrogens is 649 g/mol. The van der Waals surface area contributed by atoms with Crippen molar-refractivity contribution in [1.82, 2.24) is 4.58 Å². The monoisotopic (exact) mass is 714 g/mol. The van der Waals surface area contributed by atoms with E-state index in [1.165, 1.54) is 83.1 Å². The van der Waals surface area contributed by atoms with Gasteiger partial charge >= 0.3 is 6.18 Å². The van der Waals surface area contributed by atoms with Gasteiger partial charge in [-0.15, -0.1) is 0 Å². The number of nitrogen functional groups attached to an aromatic ring is 1. The summed E-state index contributed by atoms with van der Waals surface area (Å²) in [6.45, 7) is 8.26. The molecule has 3 rings (SSSR count). The molecule has 0 aromatic heterocycles. The second kappa shape index (κ2) is 22.8. The first kappa shape index (κ1) is 42.4. The van der Waals surface area contributed by atoms with Crippen LogP contribution in [0.15, 0.2) is 34.7 Å². The average Bonchev–Trinajstić information content (AvgIpc) is 3.09. The Morgan fingerprint density at radius 3 is 1.75 bits per heavy atom. The minimum Gasteiger partial charge on any atom is -0.550 e. The molecule has 0 bridgehead atoms. The zero-order valence-corrected chi connectivity index (χ0v) is 31.8. The number of rotatable bonds is 26. The molecule has 5 nitrogen and oxygen atoms in total. The summed E-state index contributed by atoms with van der Waals surface area (Å²) < 4.78 is 51.8. The van der Waals surface area contributed by atoms with Crippen LogP contribution in [0.1, 0.15) is 167 Å². The van der Waals surface area contributed by atoms with E-state index in [1.807, 2.05) is 12.1 Å². The first-order valence-corrected chi connectivity index (χ1v) is 20.3. The molecule has 1 aromatic rings. The standard InChI is InChI=1S/C43H65F3N2O3/c1-4-7-10-11-12-13-14-15-16-17-18-19-20-21-22-23-24-33(42(49)50)29-37-36-26-25-35(48(27-8-5-2)28-9-6-3)32-39(36)51-40-31-34(47)30-38(41(37)40)43(44,45)46/h25-26,30-33,47H,4-24,27-29H2,1-3H3,(H,49,50). The molecule has 1 atom stereocenters. The fourth-order valence-electron chi connectivity index (χ4n) is 7.32. The van der Waals surface area contributed by atoms with Gasteiger partial charge in [-0.1, -0.05) is 136 Å². The zero-order chi connectivity index (χ0) is 37.1. The van der Waals surface area contributed by atoms with E-state index in [0.29, 0.717) is 29.7 Å². The second-order valence-electron chi connectivity index (χ2n) is 14.7. The number of benzene rings is 2. The molecular formula is C43H65F3N2O3. The third-order valence-corrected chi connectivity index (χ3v) is 10.4. The maximum absolute atomic E-state index is 14.5. The number of anilines is 1. The molecule has 0 spiro atoms. The Hall–Kier alpha value is -3.03. The van der Waals surface area contributed by atoms with Crippen molar-refractivity contribution >= 4 is 22.6 Å². The molecule has 2 N–H and O–H groups in total. The van der Waals surface area contributed by atoms with Crippen molar-refractivity contribution in [3.05, 3.63) is 46.8 Å². The van der Waals surface area contributed by atoms with Gasteiger partial charge in [-0.05, 0) is 30.5 Å². The number of aliphatic carboxylic acids is 1. The molecule has 1 aliphatic heterocycles. The van der Waals surface area contributed by atoms with E-state index in [9.17, 15) is 23.1 Å². The molecule has 51 heavy (non-hydrogen) atoms. The highest BCUT2D eigenvalue weighted by Crippen LogP contribution is 2.43. The lowest BCUT2D eigenvalue weighted by molar-refractivity contribution is -0.311. The summed E-state index contributed by atoms with van der Waals surface area (Å²) in [5.74, 6) is -1.73. The summed E-state index contributed by atoms with van der Waals surface area (Å²) in [7, 11) is 0. The number of carbonyl (C=O) groups excluding carboxylic acids is 1. The fraction of sp³-hybridized carbons (Fsp3) is 0.674. The van der Waals surface area contributed by atoms with Gasteiger partial charge < -0.3 is 20.1 Å². The predicted octanol–water partition coefficient (Wildman–Crippen LogP) is 11.1. The third kappa shape index (κ3) is 14.1. The molecule has 1 aromatic carbocycles. The molecule has 1 heterocycles. The first-order valence-electron chi connectivity index (χ1n) is 20.3. The Balaban J connectivity index is 1.71. The van der Waals surface area contributed by atoms with Crippen LogP contribution >= 0.6 is 0 Å². The highest BCUT2D eigenvalue weighted by Gasteiger charge is 2.36. The summed E-state index contributed by atoms with van der Waals surface area (Å²) in [6, 6.07) is 7.93. The van der Waals surface area contributed by atoms with Crippen LogP contribution in [0.25, 0.3) is 22.3 Å². The van der Waals surface area contributed by atoms with Gasteiger partial charge in [0.05, 0.1) is 11.6 Å². The van der Waals surface area contributed by atoms with E-state index in [0.717, 1.165) is 69.5 Å². The Labute approximate surface area is 305 Å². The van der Waals surface area contributed by atoms with Crippen LogP contribution < -0.4 is 20.8 Å². The Morgan fingerprint density at radius 1 is 0.745 bits per heavy atom. The SMILES string of the molecule is CCCCCCCCCCCCCCCCCCC(Cc1c2ccc(=[N+](CCCC)CCCC)cc-2oc2cc(N)cc(C(F)(F)F)c12)C(=O)[O-]. The van der Waals surface area contributed by atoms with Crippen LogP contribution in [0.4, 0.5) is 18.9 Å². The van der Waals surface area contributed by atoms with Gasteiger partial charge in [-0.2, -0.15) is 13.2 Å². The second-order valence-corrected chi connectivity index (χ2v) is 14.7. The first-order chi connectivity index (χ1) is 24.6. The number of unbranched alkanes of at least 4 members (excludes halogenated alkanes) is 17. The molecule has 8 heteroatoms. The van der Waals surface area contributed by atoms with Gasteiger partial charge in [0.15, 0.2) is 0 Å². The average molecular weight is 715 g/mol. The van der Waals surface area contributed by atoms with E-state index in [4.69, 9.17) is 10.2 Å². The number of nitrogens with two attached hydrogens (primary N) is 1. The van der Waals surface area contributed by atoms with Gasteiger partial charge in [-0.3, -0.25) is 0 Å². The summed E-state index contributed by atoms with van der Waals surface area (Å²) in [4.78, 5) is 12.5. The number of halogens is 3. The summed E-state index contributed by atoms with van der Waals surface area (Å²) in [5, 5.41) is 13.3. The van der Waals surface area contributed by atoms with Crippen LogP contribution in [0, 0.1) is 5.92 Å². The maximum atomic E-state index is 14.5. The predicted molar refractivity (Wildman–Crippen MR) is 203 cm³/mol. The molecule has 1 aliphatic carbocycles. The van der Waals surface area contributed by atoms with E-state index in [2.05, 4.69) is 25.3 Å². The van der Waals surface area contributed by atoms with Gasteiger partial charge in [-0.25, -0.2) is 4.58 Å². The Bertz CT molecular complexity index is 1490. The Morgan fingerprint density at radius 2 is 1.25 bits per heavy atom. The lowest BCUT2D eigenvalue weighted by Crippen LogP contribution is -2.33. The van der Waals surface area contributed by atoms with Gasteiger partial charge in [0.2, 0.25) is 5.36 Å². The van der Waals surface area contributed by atoms with Crippen LogP contribution in [-0.2, 0) is 17.4 Å². The van der Waals surface area contributed by atoms with Gasteiger partial charge in [0, 0.05) is 53.5 Å². The van der Waals surface area contributed by atoms with E-state index in [-0.39, 0.29) is 23.1 Å². The molecule has 0 radical (unpaired) electrons. The molecule has 0 saturated carbocycles. The van der Waals surface area contributed by atoms with E-state index < -0.39 is 23.6 Å². The maximum Gasteiger partial charge on any atom is 0.417 e. The molecule has 0 fully saturated rings. The minimum absolute atomic E-state index is 0.00940. The van der Waals surface area contributed by atoms with Crippen molar-refractivity contribution < 1.29 is 27.5 Å². The third-order valence-electron chi connectivity index (χ3n) is 10.4. The molecule has 286 valence electrons. The topological polar surface area (TPSA) is 82.3 Å². The number of carbonyl (C=O) groups is 1. The minimum atomic E-state index is -4.70. The quantitative estimate of drug-likeness (QED) is 0.0388. The number of carboxylic acids is 1. The van der Waals surface area contributed by atoms with Gasteiger partial charge in [0.25, 0.3) is 0 Å². The summed E-state index contributed by atoms with van der Waals surface area (Å²) in [5.41, 5.74) is 5.81. The van der Waals surface area contributed by atoms with Crippen molar-refractivity contribution in [3.8, 4) is 11.3 Å². The van der Waals surface area contributed by atoms with Crippen molar-refractivity contribution in [2.75, 3.05) is 18.8 Å². The number of carboxylic acid groups (broad SMARTS) is 1. The van der Waals surface area contributed by atoms with Gasteiger partial charge in [0.1, 0.15) is 24.4 Å². The van der Waals surface area contributed by atoms with Crippen molar-refractivity contribution in [2.45, 2.75) is 168 Å². The molecule has 0 amide bonds. The largest absolute Gasteiger partial charge is 0.550 e. The van der Waals surface area contributed by atoms with Crippen molar-refractivity contribution in [3.63, 3.8) is 0 Å². The molecule has 2 aliphatic rings. The number of nitrogens with zero attached hydrogens (tertiary/aromatic N) is 1. The summed E-state index contributed by atoms with van der Waals surface area (Å²) in [6.07, 6.45) is 19.2. The smallest absolute Gasteiger partial charge is 0.417 e. The Kier molecular flexibility index (Phi) is 19.0. The fourth-order valence-corrected chi connectivity index (χ4v) is 7.32. The van der Waals surface area contributed by atoms with Crippen LogP contribution in [0.2, 0.25) is 0 Å². The van der Waals surface area contributed by atoms with Crippen molar-refractivity contribution in [2.24, 2.45) is 5.92 Å². The lowest BCUT2D eigenvalue weighted by atomic mass is 9.87.